The molecule has 0 amide bonds. The molecule has 3 aromatic rings. The molecule has 0 fully saturated rings. The standard InChI is InChI=1S/C26H35N3O3/c1-6-8-9-14-28(17-19(3)4)21-11-13-25-27-22(16-26(30)29(25)18-21)20-10-12-23(31-5)24(15-20)32-7-2/h10-13,15-16,18-19H,6-9,14,17H2,1-5H3. The Morgan fingerprint density at radius 2 is 1.88 bits per heavy atom. The zero-order valence-electron chi connectivity index (χ0n) is 19.9. The number of anilines is 1. The van der Waals surface area contributed by atoms with E-state index in [1.807, 2.05) is 37.4 Å². The predicted molar refractivity (Wildman–Crippen MR) is 131 cm³/mol. The third-order valence-corrected chi connectivity index (χ3v) is 5.39. The van der Waals surface area contributed by atoms with Gasteiger partial charge in [-0.3, -0.25) is 9.20 Å². The van der Waals surface area contributed by atoms with Crippen molar-refractivity contribution in [1.82, 2.24) is 9.38 Å². The van der Waals surface area contributed by atoms with Crippen molar-refractivity contribution in [3.8, 4) is 22.8 Å². The van der Waals surface area contributed by atoms with Crippen LogP contribution in [0.4, 0.5) is 5.69 Å². The van der Waals surface area contributed by atoms with E-state index in [9.17, 15) is 4.79 Å². The van der Waals surface area contributed by atoms with Crippen molar-refractivity contribution in [2.45, 2.75) is 47.0 Å². The Bertz CT molecular complexity index is 1090. The molecule has 2 aromatic heterocycles. The van der Waals surface area contributed by atoms with Crippen LogP contribution in [0.5, 0.6) is 11.5 Å². The minimum atomic E-state index is -0.0984. The molecule has 0 spiro atoms. The molecule has 0 bridgehead atoms. The number of ether oxygens (including phenoxy) is 2. The summed E-state index contributed by atoms with van der Waals surface area (Å²) in [6, 6.07) is 11.2. The van der Waals surface area contributed by atoms with E-state index in [4.69, 9.17) is 14.5 Å². The van der Waals surface area contributed by atoms with Crippen molar-refractivity contribution < 1.29 is 9.47 Å². The first-order valence-corrected chi connectivity index (χ1v) is 11.6. The van der Waals surface area contributed by atoms with Crippen molar-refractivity contribution in [3.63, 3.8) is 0 Å². The van der Waals surface area contributed by atoms with Gasteiger partial charge < -0.3 is 14.4 Å². The van der Waals surface area contributed by atoms with E-state index in [1.54, 1.807) is 17.6 Å². The summed E-state index contributed by atoms with van der Waals surface area (Å²) in [5.74, 6) is 1.84. The van der Waals surface area contributed by atoms with Crippen LogP contribution in [0.1, 0.15) is 47.0 Å². The number of benzene rings is 1. The van der Waals surface area contributed by atoms with Gasteiger partial charge in [-0.25, -0.2) is 4.98 Å². The number of pyridine rings is 1. The van der Waals surface area contributed by atoms with Crippen molar-refractivity contribution in [2.24, 2.45) is 5.92 Å². The summed E-state index contributed by atoms with van der Waals surface area (Å²) in [7, 11) is 1.61. The molecule has 0 N–H and O–H groups in total. The molecule has 0 saturated heterocycles. The van der Waals surface area contributed by atoms with Crippen LogP contribution in [-0.2, 0) is 0 Å². The van der Waals surface area contributed by atoms with Gasteiger partial charge in [0.2, 0.25) is 0 Å². The van der Waals surface area contributed by atoms with Crippen molar-refractivity contribution >= 4 is 11.3 Å². The maximum atomic E-state index is 13.0. The number of methoxy groups -OCH3 is 1. The molecule has 172 valence electrons. The topological polar surface area (TPSA) is 56.1 Å². The highest BCUT2D eigenvalue weighted by atomic mass is 16.5. The van der Waals surface area contributed by atoms with E-state index in [-0.39, 0.29) is 5.56 Å². The SMILES string of the molecule is CCCCCN(CC(C)C)c1ccc2nc(-c3ccc(OC)c(OCC)c3)cc(=O)n2c1. The Balaban J connectivity index is 1.97. The fourth-order valence-electron chi connectivity index (χ4n) is 3.85. The number of hydrogen-bond acceptors (Lipinski definition) is 5. The molecule has 6 nitrogen and oxygen atoms in total. The highest BCUT2D eigenvalue weighted by Gasteiger charge is 2.13. The molecular weight excluding hydrogens is 402 g/mol. The molecule has 0 aliphatic carbocycles. The first-order chi connectivity index (χ1) is 15.5. The summed E-state index contributed by atoms with van der Waals surface area (Å²) in [5, 5.41) is 0. The predicted octanol–water partition coefficient (Wildman–Crippen LogP) is 5.42. The monoisotopic (exact) mass is 437 g/mol. The molecule has 0 radical (unpaired) electrons. The second-order valence-electron chi connectivity index (χ2n) is 8.44. The van der Waals surface area contributed by atoms with Crippen molar-refractivity contribution in [2.75, 3.05) is 31.7 Å². The molecule has 0 unspecified atom stereocenters. The Kier molecular flexibility index (Phi) is 8.14. The fraction of sp³-hybridized carbons (Fsp3) is 0.462. The van der Waals surface area contributed by atoms with Crippen molar-refractivity contribution in [3.05, 3.63) is 52.9 Å². The van der Waals surface area contributed by atoms with Crippen LogP contribution in [0, 0.1) is 5.92 Å². The maximum Gasteiger partial charge on any atom is 0.258 e. The molecule has 0 aliphatic rings. The van der Waals surface area contributed by atoms with Crippen LogP contribution in [-0.4, -0.2) is 36.2 Å². The van der Waals surface area contributed by atoms with E-state index < -0.39 is 0 Å². The van der Waals surface area contributed by atoms with Crippen LogP contribution in [0.25, 0.3) is 16.9 Å². The van der Waals surface area contributed by atoms with Crippen LogP contribution < -0.4 is 19.9 Å². The van der Waals surface area contributed by atoms with Gasteiger partial charge in [0.25, 0.3) is 5.56 Å². The lowest BCUT2D eigenvalue weighted by atomic mass is 10.1. The van der Waals surface area contributed by atoms with Gasteiger partial charge in [0.05, 0.1) is 25.1 Å². The van der Waals surface area contributed by atoms with E-state index >= 15 is 0 Å². The van der Waals surface area contributed by atoms with Gasteiger partial charge in [-0.05, 0) is 49.6 Å². The second-order valence-corrected chi connectivity index (χ2v) is 8.44. The average molecular weight is 438 g/mol. The Morgan fingerprint density at radius 1 is 1.06 bits per heavy atom. The van der Waals surface area contributed by atoms with Gasteiger partial charge in [0, 0.05) is 30.9 Å². The molecule has 32 heavy (non-hydrogen) atoms. The van der Waals surface area contributed by atoms with E-state index in [0.717, 1.165) is 30.8 Å². The van der Waals surface area contributed by atoms with E-state index in [0.29, 0.717) is 35.4 Å². The van der Waals surface area contributed by atoms with Crippen LogP contribution >= 0.6 is 0 Å². The summed E-state index contributed by atoms with van der Waals surface area (Å²) < 4.78 is 12.7. The zero-order valence-corrected chi connectivity index (χ0v) is 19.9. The van der Waals surface area contributed by atoms with Gasteiger partial charge in [0.1, 0.15) is 5.65 Å². The lowest BCUT2D eigenvalue weighted by molar-refractivity contribution is 0.311. The van der Waals surface area contributed by atoms with Gasteiger partial charge >= 0.3 is 0 Å². The number of hydrogen-bond donors (Lipinski definition) is 0. The third kappa shape index (κ3) is 5.61. The minimum Gasteiger partial charge on any atom is -0.493 e. The van der Waals surface area contributed by atoms with Gasteiger partial charge in [-0.1, -0.05) is 33.6 Å². The molecule has 2 heterocycles. The number of aromatic nitrogens is 2. The molecule has 1 aromatic carbocycles. The van der Waals surface area contributed by atoms with Gasteiger partial charge in [0.15, 0.2) is 11.5 Å². The molecule has 0 aliphatic heterocycles. The zero-order chi connectivity index (χ0) is 23.1. The Labute approximate surface area is 190 Å². The van der Waals surface area contributed by atoms with Crippen LogP contribution in [0.15, 0.2) is 47.4 Å². The Hall–Kier alpha value is -3.02. The van der Waals surface area contributed by atoms with Crippen LogP contribution in [0.3, 0.4) is 0 Å². The minimum absolute atomic E-state index is 0.0984. The average Bonchev–Trinajstić information content (AvgIpc) is 2.78. The van der Waals surface area contributed by atoms with Gasteiger partial charge in [-0.15, -0.1) is 0 Å². The summed E-state index contributed by atoms with van der Waals surface area (Å²) in [6.45, 7) is 11.1. The first kappa shape index (κ1) is 23.6. The highest BCUT2D eigenvalue weighted by Crippen LogP contribution is 2.32. The molecular formula is C26H35N3O3. The van der Waals surface area contributed by atoms with E-state index in [2.05, 4.69) is 31.7 Å². The van der Waals surface area contributed by atoms with Crippen molar-refractivity contribution in [1.29, 1.82) is 0 Å². The largest absolute Gasteiger partial charge is 0.493 e. The van der Waals surface area contributed by atoms with Crippen LogP contribution in [0.2, 0.25) is 0 Å². The van der Waals surface area contributed by atoms with E-state index in [1.165, 1.54) is 12.8 Å². The lowest BCUT2D eigenvalue weighted by Crippen LogP contribution is -2.29. The normalized spacial score (nSPS) is 11.2. The summed E-state index contributed by atoms with van der Waals surface area (Å²) >= 11 is 0. The summed E-state index contributed by atoms with van der Waals surface area (Å²) in [6.07, 6.45) is 5.46. The summed E-state index contributed by atoms with van der Waals surface area (Å²) in [5.41, 5.74) is 3.02. The highest BCUT2D eigenvalue weighted by molar-refractivity contribution is 5.66. The lowest BCUT2D eigenvalue weighted by Gasteiger charge is -2.27. The number of unbranched alkanes of at least 4 members (excludes halogenated alkanes) is 2. The maximum absolute atomic E-state index is 13.0. The molecule has 0 atom stereocenters. The Morgan fingerprint density at radius 3 is 2.56 bits per heavy atom. The third-order valence-electron chi connectivity index (χ3n) is 5.39. The number of fused-ring (bicyclic) bond motifs is 1. The molecule has 6 heteroatoms. The summed E-state index contributed by atoms with van der Waals surface area (Å²) in [4.78, 5) is 20.1. The first-order valence-electron chi connectivity index (χ1n) is 11.6. The molecule has 0 saturated carbocycles. The smallest absolute Gasteiger partial charge is 0.258 e. The molecule has 3 rings (SSSR count). The number of nitrogens with zero attached hydrogens (tertiary/aromatic N) is 3. The second kappa shape index (κ2) is 11.0. The quantitative estimate of drug-likeness (QED) is 0.375. The fourth-order valence-corrected chi connectivity index (χ4v) is 3.85. The van der Waals surface area contributed by atoms with Gasteiger partial charge in [-0.2, -0.15) is 0 Å². The number of rotatable bonds is 11.